The highest BCUT2D eigenvalue weighted by atomic mass is 32.2. The highest BCUT2D eigenvalue weighted by Gasteiger charge is 2.24. The van der Waals surface area contributed by atoms with Crippen molar-refractivity contribution in [1.29, 1.82) is 0 Å². The number of rotatable bonds is 10. The van der Waals surface area contributed by atoms with Crippen molar-refractivity contribution in [1.82, 2.24) is 29.5 Å². The van der Waals surface area contributed by atoms with Gasteiger partial charge in [-0.1, -0.05) is 84.6 Å². The number of amides is 1. The van der Waals surface area contributed by atoms with Crippen molar-refractivity contribution in [3.8, 4) is 22.8 Å². The van der Waals surface area contributed by atoms with E-state index in [1.54, 1.807) is 18.9 Å². The molecule has 5 aromatic rings. The summed E-state index contributed by atoms with van der Waals surface area (Å²) in [5.41, 5.74) is 3.60. The van der Waals surface area contributed by atoms with Crippen LogP contribution in [0.3, 0.4) is 0 Å². The Morgan fingerprint density at radius 1 is 0.953 bits per heavy atom. The van der Waals surface area contributed by atoms with Crippen LogP contribution in [0.4, 0.5) is 0 Å². The Morgan fingerprint density at radius 2 is 1.72 bits per heavy atom. The second-order valence-electron chi connectivity index (χ2n) is 10.0. The van der Waals surface area contributed by atoms with Crippen molar-refractivity contribution in [2.75, 3.05) is 39.8 Å². The summed E-state index contributed by atoms with van der Waals surface area (Å²) in [6, 6.07) is 28.2. The van der Waals surface area contributed by atoms with E-state index >= 15 is 0 Å². The first-order valence-electron chi connectivity index (χ1n) is 14.1. The molecule has 10 heteroatoms. The van der Waals surface area contributed by atoms with Crippen LogP contribution in [0.1, 0.15) is 21.1 Å². The maximum Gasteiger partial charge on any atom is 0.273 e. The van der Waals surface area contributed by atoms with Gasteiger partial charge in [-0.15, -0.1) is 21.5 Å². The third-order valence-electron chi connectivity index (χ3n) is 7.20. The molecule has 6 rings (SSSR count). The highest BCUT2D eigenvalue weighted by molar-refractivity contribution is 7.98. The fourth-order valence-corrected chi connectivity index (χ4v) is 6.66. The standard InChI is InChI=1S/C33H32N6O2S2/c1-41-28-16-8-13-26(22-28)31-35-36-33(39(31)27-14-6-3-7-15-27)43-24-30-34-29(23-42-30)32(40)38-20-18-37(19-21-38)17-9-12-25-10-4-2-5-11-25/h2-16,22-23H,17-21,24H2,1H3/b12-9+. The molecule has 0 N–H and O–H groups in total. The van der Waals surface area contributed by atoms with Gasteiger partial charge in [-0.05, 0) is 29.8 Å². The number of methoxy groups -OCH3 is 1. The second kappa shape index (κ2) is 13.8. The molecule has 0 bridgehead atoms. The van der Waals surface area contributed by atoms with Crippen molar-refractivity contribution < 1.29 is 9.53 Å². The normalized spacial score (nSPS) is 13.9. The van der Waals surface area contributed by atoms with Crippen molar-refractivity contribution >= 4 is 35.1 Å². The van der Waals surface area contributed by atoms with Crippen LogP contribution in [0.2, 0.25) is 0 Å². The van der Waals surface area contributed by atoms with E-state index in [1.807, 2.05) is 87.6 Å². The van der Waals surface area contributed by atoms with Gasteiger partial charge in [0.05, 0.1) is 12.9 Å². The maximum atomic E-state index is 13.2. The monoisotopic (exact) mass is 608 g/mol. The second-order valence-corrected chi connectivity index (χ2v) is 11.9. The Bertz CT molecular complexity index is 1680. The zero-order valence-electron chi connectivity index (χ0n) is 23.9. The summed E-state index contributed by atoms with van der Waals surface area (Å²) in [5, 5.41) is 12.6. The average molecular weight is 609 g/mol. The number of hydrogen-bond donors (Lipinski definition) is 0. The van der Waals surface area contributed by atoms with Gasteiger partial charge in [0.25, 0.3) is 5.91 Å². The molecule has 1 aliphatic rings. The van der Waals surface area contributed by atoms with E-state index in [2.05, 4.69) is 39.4 Å². The summed E-state index contributed by atoms with van der Waals surface area (Å²) >= 11 is 3.06. The number of para-hydroxylation sites is 1. The van der Waals surface area contributed by atoms with Gasteiger partial charge in [0, 0.05) is 49.4 Å². The van der Waals surface area contributed by atoms with Crippen LogP contribution < -0.4 is 4.74 Å². The van der Waals surface area contributed by atoms with Crippen LogP contribution in [-0.2, 0) is 5.75 Å². The van der Waals surface area contributed by atoms with Crippen molar-refractivity contribution in [2.24, 2.45) is 0 Å². The minimum Gasteiger partial charge on any atom is -0.497 e. The summed E-state index contributed by atoms with van der Waals surface area (Å²) in [4.78, 5) is 22.2. The molecule has 2 aromatic heterocycles. The molecule has 0 aliphatic carbocycles. The van der Waals surface area contributed by atoms with Gasteiger partial charge in [-0.25, -0.2) is 4.98 Å². The number of nitrogens with zero attached hydrogens (tertiary/aromatic N) is 6. The minimum absolute atomic E-state index is 0.000240. The number of benzene rings is 3. The summed E-state index contributed by atoms with van der Waals surface area (Å²) in [5.74, 6) is 2.08. The molecule has 0 atom stereocenters. The number of thioether (sulfide) groups is 1. The number of carbonyl (C=O) groups is 1. The van der Waals surface area contributed by atoms with Gasteiger partial charge in [0.2, 0.25) is 0 Å². The molecule has 3 heterocycles. The van der Waals surface area contributed by atoms with Crippen LogP contribution in [-0.4, -0.2) is 75.3 Å². The first-order chi connectivity index (χ1) is 21.2. The van der Waals surface area contributed by atoms with Crippen molar-refractivity contribution in [2.45, 2.75) is 10.9 Å². The van der Waals surface area contributed by atoms with Gasteiger partial charge in [-0.2, -0.15) is 0 Å². The third kappa shape index (κ3) is 7.05. The minimum atomic E-state index is -0.000240. The summed E-state index contributed by atoms with van der Waals surface area (Å²) in [7, 11) is 1.65. The van der Waals surface area contributed by atoms with E-state index in [0.29, 0.717) is 24.5 Å². The lowest BCUT2D eigenvalue weighted by Gasteiger charge is -2.33. The molecule has 0 radical (unpaired) electrons. The van der Waals surface area contributed by atoms with Crippen molar-refractivity contribution in [3.05, 3.63) is 113 Å². The SMILES string of the molecule is COc1cccc(-c2nnc(SCc3nc(C(=O)N4CCN(C/C=C/c5ccccc5)CC4)cs3)n2-c2ccccc2)c1. The number of aromatic nitrogens is 4. The predicted molar refractivity (Wildman–Crippen MR) is 173 cm³/mol. The first kappa shape index (κ1) is 28.9. The zero-order valence-corrected chi connectivity index (χ0v) is 25.5. The number of piperazine rings is 1. The molecule has 0 spiro atoms. The van der Waals surface area contributed by atoms with Crippen molar-refractivity contribution in [3.63, 3.8) is 0 Å². The number of thiazole rings is 1. The molecule has 1 saturated heterocycles. The molecule has 0 saturated carbocycles. The van der Waals surface area contributed by atoms with Gasteiger partial charge in [0.15, 0.2) is 11.0 Å². The Labute approximate surface area is 259 Å². The average Bonchev–Trinajstić information content (AvgIpc) is 3.72. The van der Waals surface area contributed by atoms with E-state index in [1.165, 1.54) is 16.9 Å². The van der Waals surface area contributed by atoms with E-state index in [-0.39, 0.29) is 5.91 Å². The lowest BCUT2D eigenvalue weighted by atomic mass is 10.2. The van der Waals surface area contributed by atoms with E-state index in [9.17, 15) is 4.79 Å². The molecular formula is C33H32N6O2S2. The van der Waals surface area contributed by atoms with Crippen LogP contribution in [0.15, 0.2) is 102 Å². The summed E-state index contributed by atoms with van der Waals surface area (Å²) in [6.07, 6.45) is 4.34. The molecule has 218 valence electrons. The topological polar surface area (TPSA) is 76.4 Å². The van der Waals surface area contributed by atoms with Crippen LogP contribution in [0.5, 0.6) is 5.75 Å². The smallest absolute Gasteiger partial charge is 0.273 e. The molecule has 1 amide bonds. The van der Waals surface area contributed by atoms with Gasteiger partial charge in [0.1, 0.15) is 16.5 Å². The molecule has 0 unspecified atom stereocenters. The lowest BCUT2D eigenvalue weighted by molar-refractivity contribution is 0.0645. The Balaban J connectivity index is 1.08. The van der Waals surface area contributed by atoms with Crippen LogP contribution >= 0.6 is 23.1 Å². The van der Waals surface area contributed by atoms with Gasteiger partial charge < -0.3 is 9.64 Å². The molecular weight excluding hydrogens is 577 g/mol. The maximum absolute atomic E-state index is 13.2. The molecule has 1 aliphatic heterocycles. The Hall–Kier alpha value is -4.25. The van der Waals surface area contributed by atoms with E-state index in [4.69, 9.17) is 9.72 Å². The number of carbonyl (C=O) groups excluding carboxylic acids is 1. The largest absolute Gasteiger partial charge is 0.497 e. The summed E-state index contributed by atoms with van der Waals surface area (Å²) < 4.78 is 7.48. The molecule has 43 heavy (non-hydrogen) atoms. The van der Waals surface area contributed by atoms with Crippen LogP contribution in [0.25, 0.3) is 23.2 Å². The third-order valence-corrected chi connectivity index (χ3v) is 9.18. The fraction of sp³-hybridized carbons (Fsp3) is 0.212. The molecule has 3 aromatic carbocycles. The quantitative estimate of drug-likeness (QED) is 0.176. The van der Waals surface area contributed by atoms with Gasteiger partial charge >= 0.3 is 0 Å². The molecule has 8 nitrogen and oxygen atoms in total. The predicted octanol–water partition coefficient (Wildman–Crippen LogP) is 6.16. The van der Waals surface area contributed by atoms with Crippen LogP contribution in [0, 0.1) is 0 Å². The number of ether oxygens (including phenoxy) is 1. The van der Waals surface area contributed by atoms with E-state index in [0.717, 1.165) is 52.6 Å². The fourth-order valence-electron chi connectivity index (χ4n) is 4.92. The number of hydrogen-bond acceptors (Lipinski definition) is 8. The molecule has 1 fully saturated rings. The summed E-state index contributed by atoms with van der Waals surface area (Å²) in [6.45, 7) is 3.98. The zero-order chi connectivity index (χ0) is 29.4. The first-order valence-corrected chi connectivity index (χ1v) is 16.0. The lowest BCUT2D eigenvalue weighted by Crippen LogP contribution is -2.48. The Morgan fingerprint density at radius 3 is 2.49 bits per heavy atom. The van der Waals surface area contributed by atoms with E-state index < -0.39 is 0 Å². The Kier molecular flexibility index (Phi) is 9.27. The van der Waals surface area contributed by atoms with Gasteiger partial charge in [-0.3, -0.25) is 14.3 Å². The highest BCUT2D eigenvalue weighted by Crippen LogP contribution is 2.31.